The minimum Gasteiger partial charge on any atom is -0.465 e. The van der Waals surface area contributed by atoms with Crippen molar-refractivity contribution in [1.82, 2.24) is 5.32 Å². The predicted molar refractivity (Wildman–Crippen MR) is 58.3 cm³/mol. The molecule has 0 spiro atoms. The standard InChI is InChI=1S/C10H13NO3S/c1-3-6-11-9(12)7-4-5-8(15-7)10(13)14-2/h4-5H,3,6H2,1-2H3,(H,11,12). The topological polar surface area (TPSA) is 55.4 Å². The van der Waals surface area contributed by atoms with Gasteiger partial charge in [-0.1, -0.05) is 6.92 Å². The van der Waals surface area contributed by atoms with Crippen molar-refractivity contribution in [3.8, 4) is 0 Å². The van der Waals surface area contributed by atoms with Gasteiger partial charge in [-0.15, -0.1) is 11.3 Å². The highest BCUT2D eigenvalue weighted by Gasteiger charge is 2.13. The number of rotatable bonds is 4. The lowest BCUT2D eigenvalue weighted by molar-refractivity contribution is 0.0606. The highest BCUT2D eigenvalue weighted by atomic mass is 32.1. The normalized spacial score (nSPS) is 9.73. The molecule has 1 rings (SSSR count). The van der Waals surface area contributed by atoms with Crippen LogP contribution in [0.25, 0.3) is 0 Å². The van der Waals surface area contributed by atoms with E-state index >= 15 is 0 Å². The maximum Gasteiger partial charge on any atom is 0.348 e. The molecule has 1 heterocycles. The van der Waals surface area contributed by atoms with Crippen LogP contribution in [0.2, 0.25) is 0 Å². The summed E-state index contributed by atoms with van der Waals surface area (Å²) in [5, 5.41) is 2.74. The maximum atomic E-state index is 11.5. The molecule has 0 aliphatic carbocycles. The summed E-state index contributed by atoms with van der Waals surface area (Å²) in [6.45, 7) is 2.62. The highest BCUT2D eigenvalue weighted by Crippen LogP contribution is 2.17. The largest absolute Gasteiger partial charge is 0.465 e. The number of carbonyl (C=O) groups is 2. The van der Waals surface area contributed by atoms with Gasteiger partial charge in [-0.25, -0.2) is 4.79 Å². The van der Waals surface area contributed by atoms with E-state index in [1.807, 2.05) is 6.92 Å². The van der Waals surface area contributed by atoms with Crippen LogP contribution in [-0.4, -0.2) is 25.5 Å². The number of nitrogens with one attached hydrogen (secondary N) is 1. The van der Waals surface area contributed by atoms with Gasteiger partial charge in [-0.3, -0.25) is 4.79 Å². The molecule has 0 atom stereocenters. The SMILES string of the molecule is CCCNC(=O)c1ccc(C(=O)OC)s1. The monoisotopic (exact) mass is 227 g/mol. The van der Waals surface area contributed by atoms with E-state index in [4.69, 9.17) is 0 Å². The molecule has 1 N–H and O–H groups in total. The number of hydrogen-bond donors (Lipinski definition) is 1. The van der Waals surface area contributed by atoms with Crippen molar-refractivity contribution in [3.63, 3.8) is 0 Å². The van der Waals surface area contributed by atoms with Crippen molar-refractivity contribution >= 4 is 23.2 Å². The Morgan fingerprint density at radius 2 is 2.07 bits per heavy atom. The summed E-state index contributed by atoms with van der Waals surface area (Å²) in [6.07, 6.45) is 0.890. The zero-order chi connectivity index (χ0) is 11.3. The average molecular weight is 227 g/mol. The van der Waals surface area contributed by atoms with Gasteiger partial charge < -0.3 is 10.1 Å². The van der Waals surface area contributed by atoms with Gasteiger partial charge >= 0.3 is 5.97 Å². The third-order valence-corrected chi connectivity index (χ3v) is 2.82. The Hall–Kier alpha value is -1.36. The van der Waals surface area contributed by atoms with Gasteiger partial charge in [0.2, 0.25) is 0 Å². The van der Waals surface area contributed by atoms with Crippen LogP contribution in [0.5, 0.6) is 0 Å². The smallest absolute Gasteiger partial charge is 0.348 e. The molecular weight excluding hydrogens is 214 g/mol. The minimum absolute atomic E-state index is 0.142. The van der Waals surface area contributed by atoms with E-state index in [1.54, 1.807) is 12.1 Å². The van der Waals surface area contributed by atoms with Crippen molar-refractivity contribution in [2.24, 2.45) is 0 Å². The number of amides is 1. The summed E-state index contributed by atoms with van der Waals surface area (Å²) in [5.41, 5.74) is 0. The molecule has 1 aromatic heterocycles. The van der Waals surface area contributed by atoms with Crippen molar-refractivity contribution in [2.75, 3.05) is 13.7 Å². The first-order valence-electron chi connectivity index (χ1n) is 4.65. The van der Waals surface area contributed by atoms with Gasteiger partial charge in [0.25, 0.3) is 5.91 Å². The second kappa shape index (κ2) is 5.50. The van der Waals surface area contributed by atoms with Gasteiger partial charge in [0.1, 0.15) is 4.88 Å². The molecule has 4 nitrogen and oxygen atoms in total. The van der Waals surface area contributed by atoms with E-state index in [-0.39, 0.29) is 5.91 Å². The maximum absolute atomic E-state index is 11.5. The molecule has 1 amide bonds. The molecule has 0 aromatic carbocycles. The zero-order valence-corrected chi connectivity index (χ0v) is 9.52. The Bertz CT molecular complexity index is 359. The molecule has 1 aromatic rings. The first kappa shape index (κ1) is 11.7. The van der Waals surface area contributed by atoms with Gasteiger partial charge in [-0.2, -0.15) is 0 Å². The number of hydrogen-bond acceptors (Lipinski definition) is 4. The molecule has 0 fully saturated rings. The summed E-state index contributed by atoms with van der Waals surface area (Å²) < 4.78 is 4.55. The molecule has 0 radical (unpaired) electrons. The van der Waals surface area contributed by atoms with Crippen molar-refractivity contribution < 1.29 is 14.3 Å². The van der Waals surface area contributed by atoms with E-state index in [2.05, 4.69) is 10.1 Å². The van der Waals surface area contributed by atoms with Crippen LogP contribution in [0.3, 0.4) is 0 Å². The van der Waals surface area contributed by atoms with Crippen molar-refractivity contribution in [3.05, 3.63) is 21.9 Å². The number of methoxy groups -OCH3 is 1. The third kappa shape index (κ3) is 3.06. The number of thiophene rings is 1. The highest BCUT2D eigenvalue weighted by molar-refractivity contribution is 7.15. The molecular formula is C10H13NO3S. The predicted octanol–water partition coefficient (Wildman–Crippen LogP) is 1.67. The molecule has 0 saturated heterocycles. The van der Waals surface area contributed by atoms with E-state index in [9.17, 15) is 9.59 Å². The summed E-state index contributed by atoms with van der Waals surface area (Å²) in [7, 11) is 1.32. The summed E-state index contributed by atoms with van der Waals surface area (Å²) in [4.78, 5) is 23.6. The summed E-state index contributed by atoms with van der Waals surface area (Å²) >= 11 is 1.14. The van der Waals surface area contributed by atoms with Crippen LogP contribution in [0.4, 0.5) is 0 Å². The first-order valence-corrected chi connectivity index (χ1v) is 5.47. The number of carbonyl (C=O) groups excluding carboxylic acids is 2. The summed E-state index contributed by atoms with van der Waals surface area (Å²) in [6, 6.07) is 3.22. The Morgan fingerprint density at radius 1 is 1.40 bits per heavy atom. The lowest BCUT2D eigenvalue weighted by Gasteiger charge is -1.99. The molecule has 0 aliphatic heterocycles. The van der Waals surface area contributed by atoms with Crippen LogP contribution in [0, 0.1) is 0 Å². The van der Waals surface area contributed by atoms with E-state index in [0.29, 0.717) is 16.3 Å². The molecule has 5 heteroatoms. The second-order valence-electron chi connectivity index (χ2n) is 2.91. The van der Waals surface area contributed by atoms with Crippen LogP contribution < -0.4 is 5.32 Å². The Kier molecular flexibility index (Phi) is 4.30. The summed E-state index contributed by atoms with van der Waals surface area (Å²) in [5.74, 6) is -0.549. The van der Waals surface area contributed by atoms with E-state index < -0.39 is 5.97 Å². The average Bonchev–Trinajstić information content (AvgIpc) is 2.74. The van der Waals surface area contributed by atoms with Crippen LogP contribution in [-0.2, 0) is 4.74 Å². The van der Waals surface area contributed by atoms with E-state index in [0.717, 1.165) is 17.8 Å². The minimum atomic E-state index is -0.408. The van der Waals surface area contributed by atoms with Crippen LogP contribution in [0.15, 0.2) is 12.1 Å². The fourth-order valence-corrected chi connectivity index (χ4v) is 1.84. The molecule has 15 heavy (non-hydrogen) atoms. The molecule has 0 unspecified atom stereocenters. The molecule has 0 aliphatic rings. The molecule has 0 bridgehead atoms. The van der Waals surface area contributed by atoms with E-state index in [1.165, 1.54) is 7.11 Å². The van der Waals surface area contributed by atoms with Crippen molar-refractivity contribution in [2.45, 2.75) is 13.3 Å². The Balaban J connectivity index is 2.67. The molecule has 82 valence electrons. The Morgan fingerprint density at radius 3 is 2.67 bits per heavy atom. The zero-order valence-electron chi connectivity index (χ0n) is 8.70. The second-order valence-corrected chi connectivity index (χ2v) is 4.00. The van der Waals surface area contributed by atoms with Gasteiger partial charge in [0.05, 0.1) is 12.0 Å². The van der Waals surface area contributed by atoms with Crippen LogP contribution >= 0.6 is 11.3 Å². The number of ether oxygens (including phenoxy) is 1. The fraction of sp³-hybridized carbons (Fsp3) is 0.400. The molecule has 0 saturated carbocycles. The lowest BCUT2D eigenvalue weighted by atomic mass is 10.4. The fourth-order valence-electron chi connectivity index (χ4n) is 0.996. The first-order chi connectivity index (χ1) is 7.19. The number of esters is 1. The Labute approximate surface area is 92.2 Å². The van der Waals surface area contributed by atoms with Gasteiger partial charge in [-0.05, 0) is 18.6 Å². The van der Waals surface area contributed by atoms with Gasteiger partial charge in [0, 0.05) is 6.54 Å². The third-order valence-electron chi connectivity index (χ3n) is 1.75. The van der Waals surface area contributed by atoms with Gasteiger partial charge in [0.15, 0.2) is 0 Å². The van der Waals surface area contributed by atoms with Crippen LogP contribution in [0.1, 0.15) is 32.7 Å². The quantitative estimate of drug-likeness (QED) is 0.796. The lowest BCUT2D eigenvalue weighted by Crippen LogP contribution is -2.22. The van der Waals surface area contributed by atoms with Crippen molar-refractivity contribution in [1.29, 1.82) is 0 Å².